The molecule has 2 amide bonds. The molecule has 2 aromatic carbocycles. The first-order valence-corrected chi connectivity index (χ1v) is 10.5. The first-order chi connectivity index (χ1) is 15.6. The number of hydrogen-bond acceptors (Lipinski definition) is 6. The summed E-state index contributed by atoms with van der Waals surface area (Å²) in [6.45, 7) is 3.52. The Balaban J connectivity index is 1.25. The molecule has 0 bridgehead atoms. The van der Waals surface area contributed by atoms with Gasteiger partial charge in [0.1, 0.15) is 19.0 Å². The number of carbonyl (C=O) groups is 2. The molecule has 2 aliphatic rings. The molecule has 1 aromatic heterocycles. The second-order valence-electron chi connectivity index (χ2n) is 7.83. The number of amides is 2. The zero-order chi connectivity index (χ0) is 22.1. The quantitative estimate of drug-likeness (QED) is 0.615. The smallest absolute Gasteiger partial charge is 0.273 e. The summed E-state index contributed by atoms with van der Waals surface area (Å²) in [6, 6.07) is 15.0. The molecule has 0 radical (unpaired) electrons. The summed E-state index contributed by atoms with van der Waals surface area (Å²) >= 11 is 0. The Morgan fingerprint density at radius 3 is 2.66 bits per heavy atom. The van der Waals surface area contributed by atoms with Crippen LogP contribution in [0.1, 0.15) is 39.0 Å². The van der Waals surface area contributed by atoms with Crippen molar-refractivity contribution in [2.75, 3.05) is 18.1 Å². The van der Waals surface area contributed by atoms with E-state index in [0.29, 0.717) is 54.2 Å². The fraction of sp³-hybridized carbons (Fsp3) is 0.250. The Morgan fingerprint density at radius 2 is 1.78 bits per heavy atom. The molecule has 1 atom stereocenters. The SMILES string of the molecule is CC1Cc2ccccc2N1Cc1occc1C(=O)NNC(=O)c1ccc2c(c1)OCCO2. The van der Waals surface area contributed by atoms with Gasteiger partial charge in [-0.3, -0.25) is 20.4 Å². The number of fused-ring (bicyclic) bond motifs is 2. The van der Waals surface area contributed by atoms with Gasteiger partial charge in [0, 0.05) is 17.3 Å². The van der Waals surface area contributed by atoms with E-state index in [-0.39, 0.29) is 0 Å². The third kappa shape index (κ3) is 3.75. The Bertz CT molecular complexity index is 1170. The second kappa shape index (κ2) is 8.30. The van der Waals surface area contributed by atoms with Crippen LogP contribution in [0.5, 0.6) is 11.5 Å². The molecule has 8 nitrogen and oxygen atoms in total. The number of hydrazine groups is 1. The number of ether oxygens (including phenoxy) is 2. The Hall–Kier alpha value is -3.94. The van der Waals surface area contributed by atoms with Gasteiger partial charge in [-0.1, -0.05) is 18.2 Å². The van der Waals surface area contributed by atoms with Gasteiger partial charge in [-0.05, 0) is 49.2 Å². The van der Waals surface area contributed by atoms with Crippen molar-refractivity contribution in [2.24, 2.45) is 0 Å². The van der Waals surface area contributed by atoms with Crippen molar-refractivity contribution in [3.05, 3.63) is 77.2 Å². The third-order valence-electron chi connectivity index (χ3n) is 5.75. The van der Waals surface area contributed by atoms with Crippen molar-refractivity contribution in [3.8, 4) is 11.5 Å². The Morgan fingerprint density at radius 1 is 1.00 bits per heavy atom. The Kier molecular flexibility index (Phi) is 5.18. The van der Waals surface area contributed by atoms with Gasteiger partial charge < -0.3 is 18.8 Å². The normalized spacial score (nSPS) is 16.4. The van der Waals surface area contributed by atoms with Crippen LogP contribution in [-0.2, 0) is 13.0 Å². The molecule has 1 unspecified atom stereocenters. The highest BCUT2D eigenvalue weighted by atomic mass is 16.6. The van der Waals surface area contributed by atoms with Crippen LogP contribution in [0.2, 0.25) is 0 Å². The van der Waals surface area contributed by atoms with E-state index in [1.165, 1.54) is 11.8 Å². The van der Waals surface area contributed by atoms with E-state index < -0.39 is 11.8 Å². The van der Waals surface area contributed by atoms with Crippen LogP contribution in [0.4, 0.5) is 5.69 Å². The first kappa shape index (κ1) is 20.0. The third-order valence-corrected chi connectivity index (χ3v) is 5.75. The zero-order valence-electron chi connectivity index (χ0n) is 17.6. The molecular weight excluding hydrogens is 410 g/mol. The highest BCUT2D eigenvalue weighted by molar-refractivity contribution is 5.99. The summed E-state index contributed by atoms with van der Waals surface area (Å²) in [5, 5.41) is 0. The van der Waals surface area contributed by atoms with Crippen molar-refractivity contribution < 1.29 is 23.5 Å². The van der Waals surface area contributed by atoms with Crippen LogP contribution in [0, 0.1) is 0 Å². The zero-order valence-corrected chi connectivity index (χ0v) is 17.6. The van der Waals surface area contributed by atoms with Gasteiger partial charge in [-0.25, -0.2) is 0 Å². The maximum absolute atomic E-state index is 12.7. The van der Waals surface area contributed by atoms with E-state index in [1.54, 1.807) is 24.3 Å². The molecule has 2 N–H and O–H groups in total. The van der Waals surface area contributed by atoms with Crippen molar-refractivity contribution in [1.29, 1.82) is 0 Å². The number of anilines is 1. The standard InChI is InChI=1S/C24H23N3O5/c1-15-12-16-4-2-3-5-19(16)27(15)14-22-18(8-9-30-22)24(29)26-25-23(28)17-6-7-20-21(13-17)32-11-10-31-20/h2-9,13,15H,10-12,14H2,1H3,(H,25,28)(H,26,29). The van der Waals surface area contributed by atoms with Crippen LogP contribution in [0.3, 0.4) is 0 Å². The summed E-state index contributed by atoms with van der Waals surface area (Å²) in [5.41, 5.74) is 8.08. The number of nitrogens with one attached hydrogen (secondary N) is 2. The van der Waals surface area contributed by atoms with Gasteiger partial charge in [0.05, 0.1) is 18.4 Å². The van der Waals surface area contributed by atoms with Gasteiger partial charge >= 0.3 is 0 Å². The van der Waals surface area contributed by atoms with E-state index in [0.717, 1.165) is 12.1 Å². The van der Waals surface area contributed by atoms with Crippen molar-refractivity contribution in [3.63, 3.8) is 0 Å². The van der Waals surface area contributed by atoms with Crippen LogP contribution < -0.4 is 25.2 Å². The second-order valence-corrected chi connectivity index (χ2v) is 7.83. The largest absolute Gasteiger partial charge is 0.486 e. The number of furan rings is 1. The lowest BCUT2D eigenvalue weighted by Crippen LogP contribution is -2.42. The van der Waals surface area contributed by atoms with Crippen LogP contribution in [-0.4, -0.2) is 31.1 Å². The summed E-state index contributed by atoms with van der Waals surface area (Å²) in [7, 11) is 0. The van der Waals surface area contributed by atoms with Crippen LogP contribution in [0.15, 0.2) is 59.2 Å². The van der Waals surface area contributed by atoms with Crippen molar-refractivity contribution in [2.45, 2.75) is 25.9 Å². The summed E-state index contributed by atoms with van der Waals surface area (Å²) in [5.74, 6) is 0.742. The topological polar surface area (TPSA) is 93.0 Å². The summed E-state index contributed by atoms with van der Waals surface area (Å²) < 4.78 is 16.6. The molecule has 8 heteroatoms. The number of nitrogens with zero attached hydrogens (tertiary/aromatic N) is 1. The van der Waals surface area contributed by atoms with Crippen LogP contribution >= 0.6 is 0 Å². The predicted molar refractivity (Wildman–Crippen MR) is 117 cm³/mol. The van der Waals surface area contributed by atoms with Gasteiger partial charge in [0.2, 0.25) is 0 Å². The molecule has 0 spiro atoms. The van der Waals surface area contributed by atoms with Crippen molar-refractivity contribution in [1.82, 2.24) is 10.9 Å². The predicted octanol–water partition coefficient (Wildman–Crippen LogP) is 3.08. The molecular formula is C24H23N3O5. The average molecular weight is 433 g/mol. The van der Waals surface area contributed by atoms with Gasteiger partial charge in [0.25, 0.3) is 11.8 Å². The van der Waals surface area contributed by atoms with E-state index in [4.69, 9.17) is 13.9 Å². The lowest BCUT2D eigenvalue weighted by Gasteiger charge is -2.24. The average Bonchev–Trinajstić information content (AvgIpc) is 3.41. The minimum Gasteiger partial charge on any atom is -0.486 e. The molecule has 0 fully saturated rings. The first-order valence-electron chi connectivity index (χ1n) is 10.5. The molecule has 2 aliphatic heterocycles. The highest BCUT2D eigenvalue weighted by Crippen LogP contribution is 2.34. The number of para-hydroxylation sites is 1. The molecule has 3 aromatic rings. The summed E-state index contributed by atoms with van der Waals surface area (Å²) in [4.78, 5) is 27.5. The van der Waals surface area contributed by atoms with E-state index >= 15 is 0 Å². The van der Waals surface area contributed by atoms with E-state index in [2.05, 4.69) is 34.8 Å². The molecule has 0 aliphatic carbocycles. The van der Waals surface area contributed by atoms with Crippen molar-refractivity contribution >= 4 is 17.5 Å². The number of benzene rings is 2. The minimum atomic E-state index is -0.456. The maximum Gasteiger partial charge on any atom is 0.273 e. The number of hydrogen-bond donors (Lipinski definition) is 2. The van der Waals surface area contributed by atoms with Gasteiger partial charge in [-0.15, -0.1) is 0 Å². The van der Waals surface area contributed by atoms with E-state index in [9.17, 15) is 9.59 Å². The summed E-state index contributed by atoms with van der Waals surface area (Å²) in [6.07, 6.45) is 2.43. The van der Waals surface area contributed by atoms with E-state index in [1.807, 2.05) is 12.1 Å². The molecule has 5 rings (SSSR count). The number of rotatable bonds is 4. The molecule has 3 heterocycles. The Labute approximate surface area is 185 Å². The highest BCUT2D eigenvalue weighted by Gasteiger charge is 2.28. The lowest BCUT2D eigenvalue weighted by molar-refractivity contribution is 0.0845. The van der Waals surface area contributed by atoms with Crippen LogP contribution in [0.25, 0.3) is 0 Å². The monoisotopic (exact) mass is 433 g/mol. The van der Waals surface area contributed by atoms with Gasteiger partial charge in [0.15, 0.2) is 11.5 Å². The minimum absolute atomic E-state index is 0.295. The molecule has 32 heavy (non-hydrogen) atoms. The lowest BCUT2D eigenvalue weighted by atomic mass is 10.1. The molecule has 0 saturated heterocycles. The molecule has 0 saturated carbocycles. The fourth-order valence-electron chi connectivity index (χ4n) is 4.13. The number of carbonyl (C=O) groups excluding carboxylic acids is 2. The molecule has 164 valence electrons. The fourth-order valence-corrected chi connectivity index (χ4v) is 4.13. The van der Waals surface area contributed by atoms with Gasteiger partial charge in [-0.2, -0.15) is 0 Å². The maximum atomic E-state index is 12.7.